The van der Waals surface area contributed by atoms with Crippen LogP contribution in [0.4, 0.5) is 0 Å². The first kappa shape index (κ1) is 12.3. The monoisotopic (exact) mass is 311 g/mol. The van der Waals surface area contributed by atoms with Crippen LogP contribution in [0.15, 0.2) is 28.7 Å². The number of carbonyl (C=O) groups is 1. The largest absolute Gasteiger partial charge is 0.481 e. The summed E-state index contributed by atoms with van der Waals surface area (Å²) < 4.78 is 0.968. The lowest BCUT2D eigenvalue weighted by molar-refractivity contribution is -0.136. The fourth-order valence-corrected chi connectivity index (χ4v) is 3.06. The number of rotatable bonds is 3. The molecule has 1 aromatic carbocycles. The molecule has 2 rings (SSSR count). The molecule has 3 nitrogen and oxygen atoms in total. The van der Waals surface area contributed by atoms with Crippen molar-refractivity contribution in [3.05, 3.63) is 39.3 Å². The first-order valence-electron chi connectivity index (χ1n) is 5.01. The Morgan fingerprint density at radius 2 is 2.18 bits per heavy atom. The maximum Gasteiger partial charge on any atom is 0.309 e. The minimum Gasteiger partial charge on any atom is -0.481 e. The van der Waals surface area contributed by atoms with Crippen LogP contribution in [0.3, 0.4) is 0 Å². The van der Waals surface area contributed by atoms with Crippen molar-refractivity contribution in [2.24, 2.45) is 0 Å². The van der Waals surface area contributed by atoms with Crippen LogP contribution in [0, 0.1) is 6.92 Å². The van der Waals surface area contributed by atoms with Gasteiger partial charge in [-0.2, -0.15) is 0 Å². The van der Waals surface area contributed by atoms with Gasteiger partial charge >= 0.3 is 5.97 Å². The van der Waals surface area contributed by atoms with Crippen molar-refractivity contribution in [1.29, 1.82) is 0 Å². The predicted molar refractivity (Wildman–Crippen MR) is 71.3 cm³/mol. The fraction of sp³-hybridized carbons (Fsp3) is 0.167. The summed E-state index contributed by atoms with van der Waals surface area (Å²) in [5.74, 6) is -0.850. The van der Waals surface area contributed by atoms with Crippen LogP contribution in [0.2, 0.25) is 0 Å². The standard InChI is InChI=1S/C12H10BrNO2S/c1-7-10(6-11(15)16)14-12(17-7)8-4-2-3-5-9(8)13/h2-5H,6H2,1H3,(H,15,16). The second-order valence-corrected chi connectivity index (χ2v) is 5.63. The average molecular weight is 312 g/mol. The molecule has 0 bridgehead atoms. The maximum atomic E-state index is 10.7. The van der Waals surface area contributed by atoms with Gasteiger partial charge in [0.05, 0.1) is 12.1 Å². The van der Waals surface area contributed by atoms with Gasteiger partial charge in [0.25, 0.3) is 0 Å². The summed E-state index contributed by atoms with van der Waals surface area (Å²) >= 11 is 4.99. The summed E-state index contributed by atoms with van der Waals surface area (Å²) in [4.78, 5) is 16.0. The molecule has 88 valence electrons. The number of aryl methyl sites for hydroxylation is 1. The lowest BCUT2D eigenvalue weighted by Crippen LogP contribution is -2.01. The molecule has 0 radical (unpaired) electrons. The van der Waals surface area contributed by atoms with E-state index in [1.807, 2.05) is 31.2 Å². The van der Waals surface area contributed by atoms with E-state index in [4.69, 9.17) is 5.11 Å². The molecular formula is C12H10BrNO2S. The first-order chi connectivity index (χ1) is 8.08. The lowest BCUT2D eigenvalue weighted by atomic mass is 10.2. The molecule has 5 heteroatoms. The summed E-state index contributed by atoms with van der Waals surface area (Å²) in [5.41, 5.74) is 1.64. The molecule has 1 heterocycles. The number of halogens is 1. The number of nitrogens with zero attached hydrogens (tertiary/aromatic N) is 1. The Hall–Kier alpha value is -1.20. The number of benzene rings is 1. The van der Waals surface area contributed by atoms with Gasteiger partial charge in [-0.3, -0.25) is 4.79 Å². The molecule has 0 aliphatic carbocycles. The molecule has 0 unspecified atom stereocenters. The van der Waals surface area contributed by atoms with Crippen LogP contribution >= 0.6 is 27.3 Å². The Balaban J connectivity index is 2.41. The zero-order valence-electron chi connectivity index (χ0n) is 9.11. The molecule has 0 aliphatic rings. The number of carboxylic acid groups (broad SMARTS) is 1. The molecule has 2 aromatic rings. The van der Waals surface area contributed by atoms with Crippen molar-refractivity contribution in [3.8, 4) is 10.6 Å². The van der Waals surface area contributed by atoms with E-state index < -0.39 is 5.97 Å². The van der Waals surface area contributed by atoms with Gasteiger partial charge in [0.1, 0.15) is 5.01 Å². The van der Waals surface area contributed by atoms with Crippen molar-refractivity contribution in [3.63, 3.8) is 0 Å². The van der Waals surface area contributed by atoms with Gasteiger partial charge in [-0.25, -0.2) is 4.98 Å². The smallest absolute Gasteiger partial charge is 0.309 e. The van der Waals surface area contributed by atoms with E-state index in [2.05, 4.69) is 20.9 Å². The van der Waals surface area contributed by atoms with Crippen LogP contribution in [0.25, 0.3) is 10.6 Å². The van der Waals surface area contributed by atoms with Crippen molar-refractivity contribution in [2.75, 3.05) is 0 Å². The Kier molecular flexibility index (Phi) is 3.59. The topological polar surface area (TPSA) is 50.2 Å². The highest BCUT2D eigenvalue weighted by Gasteiger charge is 2.13. The number of carboxylic acids is 1. The van der Waals surface area contributed by atoms with Crippen LogP contribution in [0.1, 0.15) is 10.6 Å². The molecule has 17 heavy (non-hydrogen) atoms. The SMILES string of the molecule is Cc1sc(-c2ccccc2Br)nc1CC(=O)O. The van der Waals surface area contributed by atoms with E-state index in [1.54, 1.807) is 0 Å². The van der Waals surface area contributed by atoms with E-state index in [1.165, 1.54) is 11.3 Å². The van der Waals surface area contributed by atoms with Crippen LogP contribution < -0.4 is 0 Å². The average Bonchev–Trinajstić information content (AvgIpc) is 2.60. The van der Waals surface area contributed by atoms with E-state index in [0.717, 1.165) is 19.9 Å². The summed E-state index contributed by atoms with van der Waals surface area (Å²) in [6, 6.07) is 7.79. The highest BCUT2D eigenvalue weighted by atomic mass is 79.9. The second kappa shape index (κ2) is 4.98. The number of hydrogen-bond donors (Lipinski definition) is 1. The van der Waals surface area contributed by atoms with E-state index in [9.17, 15) is 4.79 Å². The van der Waals surface area contributed by atoms with Gasteiger partial charge in [-0.15, -0.1) is 11.3 Å². The van der Waals surface area contributed by atoms with Gasteiger partial charge in [-0.1, -0.05) is 34.1 Å². The van der Waals surface area contributed by atoms with Gasteiger partial charge < -0.3 is 5.11 Å². The Morgan fingerprint density at radius 3 is 2.82 bits per heavy atom. The Morgan fingerprint density at radius 1 is 1.47 bits per heavy atom. The van der Waals surface area contributed by atoms with Gasteiger partial charge in [0, 0.05) is 14.9 Å². The highest BCUT2D eigenvalue weighted by Crippen LogP contribution is 2.32. The number of hydrogen-bond acceptors (Lipinski definition) is 3. The predicted octanol–water partition coefficient (Wildman–Crippen LogP) is 3.51. The first-order valence-corrected chi connectivity index (χ1v) is 6.62. The van der Waals surface area contributed by atoms with Gasteiger partial charge in [-0.05, 0) is 13.0 Å². The minimum absolute atomic E-state index is 0.0210. The van der Waals surface area contributed by atoms with Crippen molar-refractivity contribution in [1.82, 2.24) is 4.98 Å². The molecule has 0 fully saturated rings. The van der Waals surface area contributed by atoms with Crippen LogP contribution in [-0.4, -0.2) is 16.1 Å². The quantitative estimate of drug-likeness (QED) is 0.943. The van der Waals surface area contributed by atoms with Gasteiger partial charge in [0.2, 0.25) is 0 Å². The third-order valence-corrected chi connectivity index (χ3v) is 4.05. The van der Waals surface area contributed by atoms with E-state index in [-0.39, 0.29) is 6.42 Å². The van der Waals surface area contributed by atoms with E-state index in [0.29, 0.717) is 5.69 Å². The van der Waals surface area contributed by atoms with Gasteiger partial charge in [0.15, 0.2) is 0 Å². The third-order valence-electron chi connectivity index (χ3n) is 2.32. The normalized spacial score (nSPS) is 10.5. The van der Waals surface area contributed by atoms with Crippen LogP contribution in [0.5, 0.6) is 0 Å². The summed E-state index contributed by atoms with van der Waals surface area (Å²) in [6.07, 6.45) is -0.0210. The van der Waals surface area contributed by atoms with Crippen molar-refractivity contribution < 1.29 is 9.90 Å². The molecule has 0 spiro atoms. The minimum atomic E-state index is -0.850. The zero-order valence-corrected chi connectivity index (χ0v) is 11.5. The maximum absolute atomic E-state index is 10.7. The van der Waals surface area contributed by atoms with Crippen molar-refractivity contribution in [2.45, 2.75) is 13.3 Å². The molecular weight excluding hydrogens is 302 g/mol. The van der Waals surface area contributed by atoms with Crippen LogP contribution in [-0.2, 0) is 11.2 Å². The number of aromatic nitrogens is 1. The molecule has 0 atom stereocenters. The Bertz CT molecular complexity index is 565. The van der Waals surface area contributed by atoms with E-state index >= 15 is 0 Å². The van der Waals surface area contributed by atoms with Crippen molar-refractivity contribution >= 4 is 33.2 Å². The number of thiazole rings is 1. The second-order valence-electron chi connectivity index (χ2n) is 3.57. The molecule has 0 amide bonds. The summed E-state index contributed by atoms with van der Waals surface area (Å²) in [7, 11) is 0. The number of aliphatic carboxylic acids is 1. The highest BCUT2D eigenvalue weighted by molar-refractivity contribution is 9.10. The summed E-state index contributed by atoms with van der Waals surface area (Å²) in [5, 5.41) is 9.63. The fourth-order valence-electron chi connectivity index (χ4n) is 1.49. The molecule has 1 N–H and O–H groups in total. The molecule has 0 aliphatic heterocycles. The molecule has 0 saturated carbocycles. The molecule has 1 aromatic heterocycles. The summed E-state index contributed by atoms with van der Waals surface area (Å²) in [6.45, 7) is 1.90. The molecule has 0 saturated heterocycles. The lowest BCUT2D eigenvalue weighted by Gasteiger charge is -1.98. The Labute approximate surface area is 111 Å². The zero-order chi connectivity index (χ0) is 12.4. The third kappa shape index (κ3) is 2.73.